The molecule has 1 fully saturated rings. The molecule has 1 aromatic heterocycles. The van der Waals surface area contributed by atoms with Crippen molar-refractivity contribution in [2.75, 3.05) is 0 Å². The molecule has 174 valence electrons. The van der Waals surface area contributed by atoms with Crippen molar-refractivity contribution < 1.29 is 22.1 Å². The average Bonchev–Trinajstić information content (AvgIpc) is 3.15. The van der Waals surface area contributed by atoms with E-state index in [1.807, 2.05) is 0 Å². The van der Waals surface area contributed by atoms with Crippen molar-refractivity contribution in [3.05, 3.63) is 70.7 Å². The summed E-state index contributed by atoms with van der Waals surface area (Å²) in [6, 6.07) is 11.6. The van der Waals surface area contributed by atoms with Gasteiger partial charge in [-0.2, -0.15) is 0 Å². The number of primary amides is 1. The van der Waals surface area contributed by atoms with E-state index in [2.05, 4.69) is 9.88 Å². The average molecular weight is 492 g/mol. The first-order chi connectivity index (χ1) is 15.7. The summed E-state index contributed by atoms with van der Waals surface area (Å²) in [5.41, 5.74) is 5.05. The van der Waals surface area contributed by atoms with Gasteiger partial charge >= 0.3 is 0 Å². The molecule has 1 heterocycles. The molecule has 1 saturated carbocycles. The van der Waals surface area contributed by atoms with Gasteiger partial charge in [0.2, 0.25) is 15.9 Å². The minimum Gasteiger partial charge on any atom is -0.369 e. The summed E-state index contributed by atoms with van der Waals surface area (Å²) in [6.07, 6.45) is 1.45. The molecule has 2 atom stereocenters. The molecular weight excluding hydrogens is 469 g/mol. The van der Waals surface area contributed by atoms with Crippen molar-refractivity contribution in [3.63, 3.8) is 0 Å². The Kier molecular flexibility index (Phi) is 6.30. The standard InChI is InChI=1S/C23H23ClFN3O4S/c1-14-20(21(27-32-14)19-17(24)10-5-11-18(19)25)23(22(26)29)12-6-7-15(13-23)28-33(30,31)16-8-3-2-4-9-16/h2-5,8-11,15,28H,6-7,12-13H2,1H3,(H2,26,29). The lowest BCUT2D eigenvalue weighted by molar-refractivity contribution is -0.125. The highest BCUT2D eigenvalue weighted by Crippen LogP contribution is 2.46. The van der Waals surface area contributed by atoms with Gasteiger partial charge in [-0.25, -0.2) is 17.5 Å². The summed E-state index contributed by atoms with van der Waals surface area (Å²) in [7, 11) is -3.81. The van der Waals surface area contributed by atoms with Crippen molar-refractivity contribution in [2.45, 2.75) is 49.0 Å². The maximum Gasteiger partial charge on any atom is 0.240 e. The molecule has 2 aromatic carbocycles. The number of nitrogens with zero attached hydrogens (tertiary/aromatic N) is 1. The number of amides is 1. The summed E-state index contributed by atoms with van der Waals surface area (Å²) in [6.45, 7) is 1.61. The highest BCUT2D eigenvalue weighted by atomic mass is 35.5. The molecule has 3 aromatic rings. The fraction of sp³-hybridized carbons (Fsp3) is 0.304. The van der Waals surface area contributed by atoms with E-state index in [1.54, 1.807) is 25.1 Å². The molecule has 0 radical (unpaired) electrons. The van der Waals surface area contributed by atoms with Gasteiger partial charge < -0.3 is 10.3 Å². The lowest BCUT2D eigenvalue weighted by atomic mass is 9.66. The van der Waals surface area contributed by atoms with Crippen molar-refractivity contribution in [1.82, 2.24) is 9.88 Å². The number of benzene rings is 2. The number of hydrogen-bond donors (Lipinski definition) is 2. The Balaban J connectivity index is 1.76. The molecular formula is C23H23ClFN3O4S. The van der Waals surface area contributed by atoms with E-state index >= 15 is 0 Å². The number of hydrogen-bond acceptors (Lipinski definition) is 5. The van der Waals surface area contributed by atoms with Crippen LogP contribution in [-0.2, 0) is 20.2 Å². The lowest BCUT2D eigenvalue weighted by Gasteiger charge is -2.39. The first kappa shape index (κ1) is 23.4. The topological polar surface area (TPSA) is 115 Å². The van der Waals surface area contributed by atoms with E-state index in [0.29, 0.717) is 30.6 Å². The molecule has 10 heteroatoms. The number of aromatic nitrogens is 1. The summed E-state index contributed by atoms with van der Waals surface area (Å²) in [5, 5.41) is 4.12. The van der Waals surface area contributed by atoms with Gasteiger partial charge in [0.15, 0.2) is 0 Å². The van der Waals surface area contributed by atoms with Gasteiger partial charge in [-0.3, -0.25) is 4.79 Å². The van der Waals surface area contributed by atoms with Crippen LogP contribution in [0.25, 0.3) is 11.3 Å². The second-order valence-electron chi connectivity index (χ2n) is 8.23. The first-order valence-electron chi connectivity index (χ1n) is 10.4. The number of halogens is 2. The molecule has 0 bridgehead atoms. The SMILES string of the molecule is Cc1onc(-c2c(F)cccc2Cl)c1C1(C(N)=O)CCCC(NS(=O)(=O)c2ccccc2)C1. The van der Waals surface area contributed by atoms with E-state index in [4.69, 9.17) is 21.9 Å². The van der Waals surface area contributed by atoms with Crippen LogP contribution in [0.5, 0.6) is 0 Å². The van der Waals surface area contributed by atoms with Crippen LogP contribution in [0.15, 0.2) is 57.9 Å². The maximum absolute atomic E-state index is 14.7. The second-order valence-corrected chi connectivity index (χ2v) is 10.4. The molecule has 1 amide bonds. The van der Waals surface area contributed by atoms with Crippen LogP contribution in [0.2, 0.25) is 5.02 Å². The van der Waals surface area contributed by atoms with E-state index in [0.717, 1.165) is 0 Å². The van der Waals surface area contributed by atoms with Crippen molar-refractivity contribution in [3.8, 4) is 11.3 Å². The number of sulfonamides is 1. The Bertz CT molecular complexity index is 1280. The maximum atomic E-state index is 14.7. The minimum atomic E-state index is -3.81. The molecule has 0 aliphatic heterocycles. The highest BCUT2D eigenvalue weighted by Gasteiger charge is 2.48. The van der Waals surface area contributed by atoms with E-state index in [9.17, 15) is 17.6 Å². The molecule has 7 nitrogen and oxygen atoms in total. The van der Waals surface area contributed by atoms with Gasteiger partial charge in [0, 0.05) is 11.6 Å². The number of carbonyl (C=O) groups is 1. The Morgan fingerprint density at radius 2 is 1.97 bits per heavy atom. The minimum absolute atomic E-state index is 0.0126. The fourth-order valence-corrected chi connectivity index (χ4v) is 6.21. The summed E-state index contributed by atoms with van der Waals surface area (Å²) in [5.74, 6) is -0.977. The quantitative estimate of drug-likeness (QED) is 0.539. The molecule has 3 N–H and O–H groups in total. The predicted octanol–water partition coefficient (Wildman–Crippen LogP) is 4.09. The number of nitrogens with one attached hydrogen (secondary N) is 1. The first-order valence-corrected chi connectivity index (χ1v) is 12.3. The van der Waals surface area contributed by atoms with Gasteiger partial charge in [0.25, 0.3) is 0 Å². The van der Waals surface area contributed by atoms with Crippen LogP contribution in [0, 0.1) is 12.7 Å². The molecule has 1 aliphatic rings. The largest absolute Gasteiger partial charge is 0.369 e. The Labute approximate surface area is 196 Å². The molecule has 33 heavy (non-hydrogen) atoms. The van der Waals surface area contributed by atoms with Crippen molar-refractivity contribution in [1.29, 1.82) is 0 Å². The second kappa shape index (κ2) is 8.89. The monoisotopic (exact) mass is 491 g/mol. The molecule has 1 aliphatic carbocycles. The van der Waals surface area contributed by atoms with E-state index in [-0.39, 0.29) is 27.6 Å². The predicted molar refractivity (Wildman–Crippen MR) is 122 cm³/mol. The number of aryl methyl sites for hydroxylation is 1. The van der Waals surface area contributed by atoms with Crippen molar-refractivity contribution in [2.24, 2.45) is 5.73 Å². The Hall–Kier alpha value is -2.75. The third-order valence-electron chi connectivity index (χ3n) is 6.14. The van der Waals surface area contributed by atoms with Gasteiger partial charge in [-0.05, 0) is 50.5 Å². The van der Waals surface area contributed by atoms with E-state index in [1.165, 1.54) is 30.3 Å². The number of nitrogens with two attached hydrogens (primary N) is 1. The highest BCUT2D eigenvalue weighted by molar-refractivity contribution is 7.89. The summed E-state index contributed by atoms with van der Waals surface area (Å²) < 4.78 is 48.6. The van der Waals surface area contributed by atoms with Crippen LogP contribution in [0.3, 0.4) is 0 Å². The van der Waals surface area contributed by atoms with Gasteiger partial charge in [-0.1, -0.05) is 47.4 Å². The molecule has 0 spiro atoms. The van der Waals surface area contributed by atoms with Gasteiger partial charge in [0.1, 0.15) is 17.3 Å². The smallest absolute Gasteiger partial charge is 0.240 e. The van der Waals surface area contributed by atoms with E-state index < -0.39 is 33.2 Å². The van der Waals surface area contributed by atoms with Crippen LogP contribution in [0.1, 0.15) is 37.0 Å². The third kappa shape index (κ3) is 4.28. The van der Waals surface area contributed by atoms with Gasteiger partial charge in [-0.15, -0.1) is 0 Å². The molecule has 4 rings (SSSR count). The zero-order valence-electron chi connectivity index (χ0n) is 17.8. The fourth-order valence-electron chi connectivity index (χ4n) is 4.67. The van der Waals surface area contributed by atoms with Crippen LogP contribution < -0.4 is 10.5 Å². The molecule has 2 unspecified atom stereocenters. The summed E-state index contributed by atoms with van der Waals surface area (Å²) in [4.78, 5) is 13.0. The van der Waals surface area contributed by atoms with Crippen LogP contribution in [0.4, 0.5) is 4.39 Å². The normalized spacial score (nSPS) is 21.1. The molecule has 0 saturated heterocycles. The van der Waals surface area contributed by atoms with Crippen LogP contribution >= 0.6 is 11.6 Å². The number of carbonyl (C=O) groups excluding carboxylic acids is 1. The zero-order valence-corrected chi connectivity index (χ0v) is 19.4. The summed E-state index contributed by atoms with van der Waals surface area (Å²) >= 11 is 6.26. The third-order valence-corrected chi connectivity index (χ3v) is 7.99. The zero-order chi connectivity index (χ0) is 23.8. The van der Waals surface area contributed by atoms with Gasteiger partial charge in [0.05, 0.1) is 20.9 Å². The Morgan fingerprint density at radius 3 is 2.64 bits per heavy atom. The number of rotatable bonds is 6. The Morgan fingerprint density at radius 1 is 1.24 bits per heavy atom. The van der Waals surface area contributed by atoms with Crippen molar-refractivity contribution >= 4 is 27.5 Å². The lowest BCUT2D eigenvalue weighted by Crippen LogP contribution is -2.50. The van der Waals surface area contributed by atoms with Crippen LogP contribution in [-0.4, -0.2) is 25.5 Å².